The molecule has 0 aromatic heterocycles. The highest BCUT2D eigenvalue weighted by Gasteiger charge is 2.28. The molecule has 6 heteroatoms. The molecule has 0 spiro atoms. The molecule has 3 aromatic rings. The predicted molar refractivity (Wildman–Crippen MR) is 110 cm³/mol. The molecule has 150 valence electrons. The SMILES string of the molecule is COc1ccc(/C=C2\Oc3cc(OC(=O)c4ccccc4)ccc3C2=O)c(OC)c1. The Bertz CT molecular complexity index is 1150. The summed E-state index contributed by atoms with van der Waals surface area (Å²) in [6.45, 7) is 0. The number of methoxy groups -OCH3 is 2. The number of Topliss-reactive ketones (excluding diaryl/α,β-unsaturated/α-hetero) is 1. The number of fused-ring (bicyclic) bond motifs is 1. The van der Waals surface area contributed by atoms with Crippen molar-refractivity contribution in [2.75, 3.05) is 14.2 Å². The first-order chi connectivity index (χ1) is 14.6. The van der Waals surface area contributed by atoms with Gasteiger partial charge in [0.25, 0.3) is 0 Å². The summed E-state index contributed by atoms with van der Waals surface area (Å²) < 4.78 is 21.7. The Morgan fingerprint density at radius 1 is 0.900 bits per heavy atom. The van der Waals surface area contributed by atoms with E-state index < -0.39 is 5.97 Å². The van der Waals surface area contributed by atoms with Crippen LogP contribution in [0.15, 0.2) is 72.5 Å². The van der Waals surface area contributed by atoms with Crippen molar-refractivity contribution in [3.63, 3.8) is 0 Å². The van der Waals surface area contributed by atoms with Crippen molar-refractivity contribution in [3.8, 4) is 23.0 Å². The van der Waals surface area contributed by atoms with Crippen LogP contribution >= 0.6 is 0 Å². The summed E-state index contributed by atoms with van der Waals surface area (Å²) in [4.78, 5) is 25.0. The molecule has 0 aliphatic carbocycles. The number of hydrogen-bond acceptors (Lipinski definition) is 6. The fourth-order valence-corrected chi connectivity index (χ4v) is 3.05. The van der Waals surface area contributed by atoms with Crippen LogP contribution < -0.4 is 18.9 Å². The van der Waals surface area contributed by atoms with Crippen LogP contribution in [0.25, 0.3) is 6.08 Å². The Hall–Kier alpha value is -4.06. The van der Waals surface area contributed by atoms with Crippen molar-refractivity contribution >= 4 is 17.8 Å². The Balaban J connectivity index is 1.58. The predicted octanol–water partition coefficient (Wildman–Crippen LogP) is 4.54. The van der Waals surface area contributed by atoms with Crippen molar-refractivity contribution in [1.82, 2.24) is 0 Å². The summed E-state index contributed by atoms with van der Waals surface area (Å²) in [6, 6.07) is 18.6. The van der Waals surface area contributed by atoms with Crippen LogP contribution in [-0.2, 0) is 0 Å². The van der Waals surface area contributed by atoms with Gasteiger partial charge in [0.2, 0.25) is 5.78 Å². The van der Waals surface area contributed by atoms with Gasteiger partial charge in [-0.3, -0.25) is 4.79 Å². The molecule has 4 rings (SSSR count). The molecule has 1 aliphatic rings. The molecule has 30 heavy (non-hydrogen) atoms. The Labute approximate surface area is 173 Å². The van der Waals surface area contributed by atoms with Gasteiger partial charge in [0.15, 0.2) is 5.76 Å². The Morgan fingerprint density at radius 2 is 1.67 bits per heavy atom. The van der Waals surface area contributed by atoms with Gasteiger partial charge in [-0.2, -0.15) is 0 Å². The standard InChI is InChI=1S/C24H18O6/c1-27-17-9-8-16(20(13-17)28-2)12-22-23(25)19-11-10-18(14-21(19)30-22)29-24(26)15-6-4-3-5-7-15/h3-14H,1-2H3/b22-12-. The molecule has 0 saturated heterocycles. The number of allylic oxidation sites excluding steroid dienone is 1. The van der Waals surface area contributed by atoms with Crippen LogP contribution in [0.1, 0.15) is 26.3 Å². The molecule has 1 aliphatic heterocycles. The maximum Gasteiger partial charge on any atom is 0.343 e. The maximum atomic E-state index is 12.7. The number of hydrogen-bond donors (Lipinski definition) is 0. The monoisotopic (exact) mass is 402 g/mol. The summed E-state index contributed by atoms with van der Waals surface area (Å²) in [5.41, 5.74) is 1.50. The Kier molecular flexibility index (Phi) is 5.22. The molecule has 3 aromatic carbocycles. The van der Waals surface area contributed by atoms with E-state index >= 15 is 0 Å². The zero-order chi connectivity index (χ0) is 21.1. The first-order valence-corrected chi connectivity index (χ1v) is 9.16. The van der Waals surface area contributed by atoms with Crippen LogP contribution in [0.5, 0.6) is 23.0 Å². The van der Waals surface area contributed by atoms with E-state index in [2.05, 4.69) is 0 Å². The lowest BCUT2D eigenvalue weighted by molar-refractivity contribution is 0.0734. The van der Waals surface area contributed by atoms with Gasteiger partial charge in [-0.25, -0.2) is 4.79 Å². The third-order valence-corrected chi connectivity index (χ3v) is 4.59. The van der Waals surface area contributed by atoms with Crippen molar-refractivity contribution in [2.45, 2.75) is 0 Å². The lowest BCUT2D eigenvalue weighted by atomic mass is 10.1. The van der Waals surface area contributed by atoms with Gasteiger partial charge in [-0.05, 0) is 42.5 Å². The highest BCUT2D eigenvalue weighted by Crippen LogP contribution is 2.36. The second-order valence-corrected chi connectivity index (χ2v) is 6.46. The second kappa shape index (κ2) is 8.13. The summed E-state index contributed by atoms with van der Waals surface area (Å²) >= 11 is 0. The molecular formula is C24H18O6. The third kappa shape index (κ3) is 3.75. The van der Waals surface area contributed by atoms with Gasteiger partial charge in [0.05, 0.1) is 25.3 Å². The number of esters is 1. The largest absolute Gasteiger partial charge is 0.497 e. The number of ketones is 1. The fraction of sp³-hybridized carbons (Fsp3) is 0.0833. The first-order valence-electron chi connectivity index (χ1n) is 9.16. The van der Waals surface area contributed by atoms with Crippen molar-refractivity contribution < 1.29 is 28.5 Å². The number of rotatable bonds is 5. The van der Waals surface area contributed by atoms with Gasteiger partial charge in [0, 0.05) is 17.7 Å². The highest BCUT2D eigenvalue weighted by molar-refractivity contribution is 6.14. The number of ether oxygens (including phenoxy) is 4. The lowest BCUT2D eigenvalue weighted by Crippen LogP contribution is -2.08. The fourth-order valence-electron chi connectivity index (χ4n) is 3.05. The van der Waals surface area contributed by atoms with E-state index in [4.69, 9.17) is 18.9 Å². The average molecular weight is 402 g/mol. The lowest BCUT2D eigenvalue weighted by Gasteiger charge is -2.08. The van der Waals surface area contributed by atoms with E-state index in [1.54, 1.807) is 67.8 Å². The molecule has 6 nitrogen and oxygen atoms in total. The van der Waals surface area contributed by atoms with E-state index in [1.165, 1.54) is 13.2 Å². The minimum absolute atomic E-state index is 0.153. The molecule has 0 fully saturated rings. The second-order valence-electron chi connectivity index (χ2n) is 6.46. The highest BCUT2D eigenvalue weighted by atomic mass is 16.5. The average Bonchev–Trinajstić information content (AvgIpc) is 3.09. The maximum absolute atomic E-state index is 12.7. The molecule has 0 radical (unpaired) electrons. The molecule has 0 N–H and O–H groups in total. The molecule has 1 heterocycles. The number of carbonyl (C=O) groups excluding carboxylic acids is 2. The van der Waals surface area contributed by atoms with Gasteiger partial charge >= 0.3 is 5.97 Å². The normalized spacial score (nSPS) is 13.5. The number of carbonyl (C=O) groups is 2. The number of benzene rings is 3. The Morgan fingerprint density at radius 3 is 2.40 bits per heavy atom. The topological polar surface area (TPSA) is 71.1 Å². The van der Waals surface area contributed by atoms with Crippen molar-refractivity contribution in [1.29, 1.82) is 0 Å². The van der Waals surface area contributed by atoms with E-state index in [0.717, 1.165) is 0 Å². The van der Waals surface area contributed by atoms with Crippen LogP contribution in [0.4, 0.5) is 0 Å². The summed E-state index contributed by atoms with van der Waals surface area (Å²) in [6.07, 6.45) is 1.61. The van der Waals surface area contributed by atoms with Crippen molar-refractivity contribution in [3.05, 3.63) is 89.2 Å². The van der Waals surface area contributed by atoms with Gasteiger partial charge in [-0.15, -0.1) is 0 Å². The molecular weight excluding hydrogens is 384 g/mol. The minimum atomic E-state index is -0.487. The molecule has 0 saturated carbocycles. The third-order valence-electron chi connectivity index (χ3n) is 4.59. The first kappa shape index (κ1) is 19.3. The molecule has 0 unspecified atom stereocenters. The van der Waals surface area contributed by atoms with E-state index in [-0.39, 0.29) is 11.5 Å². The quantitative estimate of drug-likeness (QED) is 0.355. The van der Waals surface area contributed by atoms with Crippen LogP contribution in [-0.4, -0.2) is 26.0 Å². The van der Waals surface area contributed by atoms with Crippen molar-refractivity contribution in [2.24, 2.45) is 0 Å². The molecule has 0 atom stereocenters. The molecule has 0 amide bonds. The molecule has 0 bridgehead atoms. The van der Waals surface area contributed by atoms with E-state index in [9.17, 15) is 9.59 Å². The van der Waals surface area contributed by atoms with Crippen LogP contribution in [0.2, 0.25) is 0 Å². The summed E-state index contributed by atoms with van der Waals surface area (Å²) in [7, 11) is 3.10. The summed E-state index contributed by atoms with van der Waals surface area (Å²) in [5, 5.41) is 0. The van der Waals surface area contributed by atoms with Gasteiger partial charge in [0.1, 0.15) is 23.0 Å². The van der Waals surface area contributed by atoms with Crippen LogP contribution in [0, 0.1) is 0 Å². The van der Waals surface area contributed by atoms with Gasteiger partial charge in [-0.1, -0.05) is 18.2 Å². The zero-order valence-corrected chi connectivity index (χ0v) is 16.4. The zero-order valence-electron chi connectivity index (χ0n) is 16.4. The van der Waals surface area contributed by atoms with E-state index in [1.807, 2.05) is 6.07 Å². The van der Waals surface area contributed by atoms with E-state index in [0.29, 0.717) is 39.7 Å². The smallest absolute Gasteiger partial charge is 0.343 e. The van der Waals surface area contributed by atoms with Gasteiger partial charge < -0.3 is 18.9 Å². The minimum Gasteiger partial charge on any atom is -0.497 e. The summed E-state index contributed by atoms with van der Waals surface area (Å²) in [5.74, 6) is 1.21. The van der Waals surface area contributed by atoms with Crippen LogP contribution in [0.3, 0.4) is 0 Å².